The van der Waals surface area contributed by atoms with Crippen molar-refractivity contribution in [1.29, 1.82) is 0 Å². The van der Waals surface area contributed by atoms with Crippen LogP contribution in [-0.2, 0) is 0 Å². The average molecular weight is 320 g/mol. The third-order valence-corrected chi connectivity index (χ3v) is 3.75. The first-order valence-corrected chi connectivity index (χ1v) is 7.04. The summed E-state index contributed by atoms with van der Waals surface area (Å²) in [6, 6.07) is 11.9. The van der Waals surface area contributed by atoms with E-state index in [0.717, 1.165) is 34.5 Å². The molecule has 0 aliphatic carbocycles. The van der Waals surface area contributed by atoms with Crippen molar-refractivity contribution in [3.05, 3.63) is 40.9 Å². The molecule has 4 nitrogen and oxygen atoms in total. The molecule has 1 atom stereocenters. The fourth-order valence-electron chi connectivity index (χ4n) is 2.25. The summed E-state index contributed by atoms with van der Waals surface area (Å²) in [5.74, 6) is 0.829. The Morgan fingerprint density at radius 2 is 2.11 bits per heavy atom. The monoisotopic (exact) mass is 319 g/mol. The average Bonchev–Trinajstić information content (AvgIpc) is 2.86. The van der Waals surface area contributed by atoms with E-state index in [1.807, 2.05) is 36.4 Å². The van der Waals surface area contributed by atoms with Crippen LogP contribution in [0.4, 0.5) is 5.82 Å². The van der Waals surface area contributed by atoms with Gasteiger partial charge in [0.25, 0.3) is 0 Å². The molecule has 1 N–H and O–H groups in total. The van der Waals surface area contributed by atoms with Gasteiger partial charge in [0.05, 0.1) is 11.8 Å². The van der Waals surface area contributed by atoms with Gasteiger partial charge in [-0.1, -0.05) is 28.1 Å². The summed E-state index contributed by atoms with van der Waals surface area (Å²) in [6.45, 7) is 1.48. The summed E-state index contributed by atoms with van der Waals surface area (Å²) in [4.78, 5) is 2.06. The number of halogens is 1. The lowest BCUT2D eigenvalue weighted by Gasteiger charge is -2.15. The fraction of sp³-hybridized carbons (Fsp3) is 0.286. The van der Waals surface area contributed by atoms with Gasteiger partial charge in [-0.15, -0.1) is 10.2 Å². The van der Waals surface area contributed by atoms with Gasteiger partial charge in [0.1, 0.15) is 0 Å². The van der Waals surface area contributed by atoms with Gasteiger partial charge in [-0.3, -0.25) is 0 Å². The highest BCUT2D eigenvalue weighted by Crippen LogP contribution is 2.23. The minimum absolute atomic E-state index is 0.244. The molecule has 1 fully saturated rings. The van der Waals surface area contributed by atoms with E-state index < -0.39 is 0 Å². The number of benzene rings is 1. The molecule has 1 unspecified atom stereocenters. The van der Waals surface area contributed by atoms with Gasteiger partial charge in [0.15, 0.2) is 5.82 Å². The number of nitrogens with zero attached hydrogens (tertiary/aromatic N) is 3. The third kappa shape index (κ3) is 2.77. The molecule has 5 heteroatoms. The van der Waals surface area contributed by atoms with E-state index in [4.69, 9.17) is 0 Å². The molecule has 0 spiro atoms. The Kier molecular flexibility index (Phi) is 3.48. The number of aliphatic hydroxyl groups excluding tert-OH is 1. The maximum atomic E-state index is 9.53. The summed E-state index contributed by atoms with van der Waals surface area (Å²) >= 11 is 3.45. The second-order valence-corrected chi connectivity index (χ2v) is 5.59. The number of rotatable bonds is 2. The van der Waals surface area contributed by atoms with E-state index in [2.05, 4.69) is 31.0 Å². The normalized spacial score (nSPS) is 18.8. The van der Waals surface area contributed by atoms with E-state index in [0.29, 0.717) is 6.54 Å². The van der Waals surface area contributed by atoms with Crippen LogP contribution in [0.3, 0.4) is 0 Å². The molecule has 2 aromatic rings. The summed E-state index contributed by atoms with van der Waals surface area (Å²) in [6.07, 6.45) is 0.557. The second kappa shape index (κ2) is 5.27. The Bertz CT molecular complexity index is 573. The Labute approximate surface area is 120 Å². The topological polar surface area (TPSA) is 49.2 Å². The molecule has 1 aromatic heterocycles. The van der Waals surface area contributed by atoms with Crippen molar-refractivity contribution in [3.8, 4) is 11.3 Å². The SMILES string of the molecule is OC1CCN(c2ccc(-c3cccc(Br)c3)nn2)C1. The second-order valence-electron chi connectivity index (χ2n) is 4.68. The molecule has 2 heterocycles. The molecule has 3 rings (SSSR count). The molecule has 98 valence electrons. The summed E-state index contributed by atoms with van der Waals surface area (Å²) in [7, 11) is 0. The molecule has 1 aliphatic rings. The van der Waals surface area contributed by atoms with E-state index in [9.17, 15) is 5.11 Å². The quantitative estimate of drug-likeness (QED) is 0.923. The smallest absolute Gasteiger partial charge is 0.151 e. The predicted molar refractivity (Wildman–Crippen MR) is 78.0 cm³/mol. The lowest BCUT2D eigenvalue weighted by atomic mass is 10.1. The number of hydrogen-bond acceptors (Lipinski definition) is 4. The number of β-amino-alcohol motifs (C(OH)–C–C–N with tert-alkyl or cyclic N) is 1. The van der Waals surface area contributed by atoms with Crippen molar-refractivity contribution in [2.75, 3.05) is 18.0 Å². The lowest BCUT2D eigenvalue weighted by Crippen LogP contribution is -2.22. The number of aromatic nitrogens is 2. The fourth-order valence-corrected chi connectivity index (χ4v) is 2.64. The van der Waals surface area contributed by atoms with Crippen molar-refractivity contribution >= 4 is 21.7 Å². The Morgan fingerprint density at radius 1 is 1.21 bits per heavy atom. The molecule has 0 bridgehead atoms. The molecule has 1 saturated heterocycles. The minimum atomic E-state index is -0.244. The third-order valence-electron chi connectivity index (χ3n) is 3.26. The number of hydrogen-bond donors (Lipinski definition) is 1. The number of anilines is 1. The van der Waals surface area contributed by atoms with Crippen LogP contribution in [0, 0.1) is 0 Å². The van der Waals surface area contributed by atoms with Gasteiger partial charge in [-0.05, 0) is 30.7 Å². The minimum Gasteiger partial charge on any atom is -0.391 e. The van der Waals surface area contributed by atoms with Gasteiger partial charge in [-0.2, -0.15) is 0 Å². The Morgan fingerprint density at radius 3 is 2.74 bits per heavy atom. The van der Waals surface area contributed by atoms with Crippen LogP contribution in [0.15, 0.2) is 40.9 Å². The van der Waals surface area contributed by atoms with Gasteiger partial charge >= 0.3 is 0 Å². The van der Waals surface area contributed by atoms with E-state index >= 15 is 0 Å². The first kappa shape index (κ1) is 12.6. The summed E-state index contributed by atoms with van der Waals surface area (Å²) < 4.78 is 1.03. The van der Waals surface area contributed by atoms with Crippen LogP contribution in [0.2, 0.25) is 0 Å². The zero-order valence-electron chi connectivity index (χ0n) is 10.3. The van der Waals surface area contributed by atoms with E-state index in [1.54, 1.807) is 0 Å². The highest BCUT2D eigenvalue weighted by atomic mass is 79.9. The Balaban J connectivity index is 1.83. The van der Waals surface area contributed by atoms with Gasteiger partial charge in [0, 0.05) is 23.1 Å². The van der Waals surface area contributed by atoms with Crippen molar-refractivity contribution < 1.29 is 5.11 Å². The molecule has 0 saturated carbocycles. The van der Waals surface area contributed by atoms with Crippen LogP contribution >= 0.6 is 15.9 Å². The van der Waals surface area contributed by atoms with Crippen molar-refractivity contribution in [2.24, 2.45) is 0 Å². The summed E-state index contributed by atoms with van der Waals surface area (Å²) in [5, 5.41) is 18.0. The van der Waals surface area contributed by atoms with Crippen LogP contribution in [-0.4, -0.2) is 34.5 Å². The highest BCUT2D eigenvalue weighted by molar-refractivity contribution is 9.10. The molecule has 19 heavy (non-hydrogen) atoms. The van der Waals surface area contributed by atoms with Gasteiger partial charge in [-0.25, -0.2) is 0 Å². The number of aliphatic hydroxyl groups is 1. The molecule has 0 amide bonds. The van der Waals surface area contributed by atoms with Gasteiger partial charge in [0.2, 0.25) is 0 Å². The van der Waals surface area contributed by atoms with Crippen LogP contribution in [0.1, 0.15) is 6.42 Å². The van der Waals surface area contributed by atoms with Crippen molar-refractivity contribution in [3.63, 3.8) is 0 Å². The highest BCUT2D eigenvalue weighted by Gasteiger charge is 2.21. The molecule has 1 aromatic carbocycles. The molecule has 1 aliphatic heterocycles. The lowest BCUT2D eigenvalue weighted by molar-refractivity contribution is 0.198. The van der Waals surface area contributed by atoms with Crippen LogP contribution in [0.25, 0.3) is 11.3 Å². The van der Waals surface area contributed by atoms with E-state index in [1.165, 1.54) is 0 Å². The predicted octanol–water partition coefficient (Wildman–Crippen LogP) is 2.48. The zero-order valence-corrected chi connectivity index (χ0v) is 11.9. The van der Waals surface area contributed by atoms with Gasteiger partial charge < -0.3 is 10.0 Å². The van der Waals surface area contributed by atoms with Crippen LogP contribution in [0.5, 0.6) is 0 Å². The van der Waals surface area contributed by atoms with Crippen molar-refractivity contribution in [2.45, 2.75) is 12.5 Å². The van der Waals surface area contributed by atoms with Crippen molar-refractivity contribution in [1.82, 2.24) is 10.2 Å². The first-order valence-electron chi connectivity index (χ1n) is 6.25. The molecule has 0 radical (unpaired) electrons. The largest absolute Gasteiger partial charge is 0.391 e. The summed E-state index contributed by atoms with van der Waals surface area (Å²) in [5.41, 5.74) is 1.89. The van der Waals surface area contributed by atoms with Crippen LogP contribution < -0.4 is 4.90 Å². The first-order chi connectivity index (χ1) is 9.22. The maximum absolute atomic E-state index is 9.53. The Hall–Kier alpha value is -1.46. The van der Waals surface area contributed by atoms with E-state index in [-0.39, 0.29) is 6.10 Å². The maximum Gasteiger partial charge on any atom is 0.151 e. The molecular weight excluding hydrogens is 306 g/mol. The molecular formula is C14H14BrN3O. The standard InChI is InChI=1S/C14H14BrN3O/c15-11-3-1-2-10(8-11)13-4-5-14(17-16-13)18-7-6-12(19)9-18/h1-5,8,12,19H,6-7,9H2. The zero-order chi connectivity index (χ0) is 13.2.